The third kappa shape index (κ3) is 4.52. The van der Waals surface area contributed by atoms with E-state index in [1.165, 1.54) is 45.2 Å². The average molecular weight is 212 g/mol. The van der Waals surface area contributed by atoms with Gasteiger partial charge in [-0.3, -0.25) is 0 Å². The lowest BCUT2D eigenvalue weighted by Gasteiger charge is -2.34. The largest absolute Gasteiger partial charge is 0.330 e. The van der Waals surface area contributed by atoms with Gasteiger partial charge in [0.15, 0.2) is 0 Å². The number of nitrogens with two attached hydrogens (primary N) is 1. The zero-order valence-electron chi connectivity index (χ0n) is 10.8. The molecule has 0 saturated carbocycles. The first-order valence-corrected chi connectivity index (χ1v) is 6.49. The normalized spacial score (nSPS) is 24.4. The Morgan fingerprint density at radius 1 is 1.33 bits per heavy atom. The van der Waals surface area contributed by atoms with Crippen molar-refractivity contribution in [3.05, 3.63) is 0 Å². The molecule has 1 aliphatic rings. The van der Waals surface area contributed by atoms with Crippen molar-refractivity contribution in [2.24, 2.45) is 11.1 Å². The first kappa shape index (κ1) is 13.0. The number of rotatable bonds is 5. The molecule has 1 saturated heterocycles. The van der Waals surface area contributed by atoms with Crippen LogP contribution >= 0.6 is 0 Å². The summed E-state index contributed by atoms with van der Waals surface area (Å²) in [4.78, 5) is 2.65. The fourth-order valence-corrected chi connectivity index (χ4v) is 2.35. The molecule has 2 heteroatoms. The molecule has 2 N–H and O–H groups in total. The minimum atomic E-state index is 0.332. The maximum atomic E-state index is 5.74. The van der Waals surface area contributed by atoms with Crippen molar-refractivity contribution in [1.82, 2.24) is 4.90 Å². The summed E-state index contributed by atoms with van der Waals surface area (Å²) in [5.74, 6) is 0. The molecule has 0 radical (unpaired) electrons. The topological polar surface area (TPSA) is 29.3 Å². The number of likely N-dealkylation sites (tertiary alicyclic amines) is 1. The Hall–Kier alpha value is -0.0800. The fraction of sp³-hybridized carbons (Fsp3) is 1.00. The lowest BCUT2D eigenvalue weighted by atomic mass is 9.88. The summed E-state index contributed by atoms with van der Waals surface area (Å²) in [6.45, 7) is 10.3. The zero-order valence-corrected chi connectivity index (χ0v) is 10.8. The first-order valence-electron chi connectivity index (χ1n) is 6.49. The van der Waals surface area contributed by atoms with Gasteiger partial charge in [-0.15, -0.1) is 0 Å². The van der Waals surface area contributed by atoms with Crippen LogP contribution in [0.15, 0.2) is 0 Å². The van der Waals surface area contributed by atoms with Crippen molar-refractivity contribution in [3.63, 3.8) is 0 Å². The molecule has 1 atom stereocenters. The Morgan fingerprint density at radius 2 is 2.07 bits per heavy atom. The van der Waals surface area contributed by atoms with Gasteiger partial charge in [-0.1, -0.05) is 20.3 Å². The molecule has 2 nitrogen and oxygen atoms in total. The second kappa shape index (κ2) is 5.86. The molecule has 0 spiro atoms. The van der Waals surface area contributed by atoms with Crippen LogP contribution in [0.1, 0.15) is 52.9 Å². The van der Waals surface area contributed by atoms with E-state index in [4.69, 9.17) is 5.73 Å². The van der Waals surface area contributed by atoms with Gasteiger partial charge in [-0.05, 0) is 57.7 Å². The summed E-state index contributed by atoms with van der Waals surface area (Å²) in [6.07, 6.45) is 6.76. The maximum Gasteiger partial charge on any atom is 0.00669 e. The molecule has 0 aliphatic carbocycles. The first-order chi connectivity index (χ1) is 7.05. The van der Waals surface area contributed by atoms with E-state index in [9.17, 15) is 0 Å². The van der Waals surface area contributed by atoms with E-state index >= 15 is 0 Å². The summed E-state index contributed by atoms with van der Waals surface area (Å²) >= 11 is 0. The Balaban J connectivity index is 2.19. The fourth-order valence-electron chi connectivity index (χ4n) is 2.35. The molecule has 0 aromatic rings. The van der Waals surface area contributed by atoms with E-state index in [2.05, 4.69) is 25.7 Å². The molecule has 1 heterocycles. The Bertz CT molecular complexity index is 177. The maximum absolute atomic E-state index is 5.74. The van der Waals surface area contributed by atoms with Crippen LogP contribution in [-0.2, 0) is 0 Å². The smallest absolute Gasteiger partial charge is 0.00669 e. The van der Waals surface area contributed by atoms with Crippen LogP contribution in [0.25, 0.3) is 0 Å². The highest BCUT2D eigenvalue weighted by atomic mass is 15.1. The molecule has 0 amide bonds. The standard InChI is InChI=1S/C13H28N2/c1-12-7-4-5-9-15(12)10-6-8-13(2,3)11-14/h12H,4-11,14H2,1-3H3. The highest BCUT2D eigenvalue weighted by Crippen LogP contribution is 2.22. The Labute approximate surface area is 95.2 Å². The molecule has 1 unspecified atom stereocenters. The van der Waals surface area contributed by atoms with E-state index < -0.39 is 0 Å². The summed E-state index contributed by atoms with van der Waals surface area (Å²) in [5, 5.41) is 0. The van der Waals surface area contributed by atoms with Gasteiger partial charge < -0.3 is 10.6 Å². The average Bonchev–Trinajstić information content (AvgIpc) is 2.21. The summed E-state index contributed by atoms with van der Waals surface area (Å²) in [7, 11) is 0. The highest BCUT2D eigenvalue weighted by molar-refractivity contribution is 4.75. The van der Waals surface area contributed by atoms with Crippen LogP contribution in [0.3, 0.4) is 0 Å². The van der Waals surface area contributed by atoms with E-state index in [1.807, 2.05) is 0 Å². The summed E-state index contributed by atoms with van der Waals surface area (Å²) in [6, 6.07) is 0.805. The quantitative estimate of drug-likeness (QED) is 0.759. The van der Waals surface area contributed by atoms with Crippen LogP contribution in [0.5, 0.6) is 0 Å². The minimum absolute atomic E-state index is 0.332. The van der Waals surface area contributed by atoms with Crippen LogP contribution in [0.4, 0.5) is 0 Å². The predicted molar refractivity (Wildman–Crippen MR) is 67.0 cm³/mol. The van der Waals surface area contributed by atoms with E-state index in [0.29, 0.717) is 5.41 Å². The van der Waals surface area contributed by atoms with E-state index in [-0.39, 0.29) is 0 Å². The van der Waals surface area contributed by atoms with Crippen LogP contribution in [-0.4, -0.2) is 30.6 Å². The molecule has 0 bridgehead atoms. The van der Waals surface area contributed by atoms with Gasteiger partial charge in [0.1, 0.15) is 0 Å². The molecule has 1 aliphatic heterocycles. The van der Waals surface area contributed by atoms with E-state index in [0.717, 1.165) is 12.6 Å². The number of piperidine rings is 1. The molecule has 90 valence electrons. The van der Waals surface area contributed by atoms with Crippen molar-refractivity contribution in [2.45, 2.75) is 58.9 Å². The second-order valence-electron chi connectivity index (χ2n) is 5.85. The van der Waals surface area contributed by atoms with Crippen molar-refractivity contribution < 1.29 is 0 Å². The predicted octanol–water partition coefficient (Wildman–Crippen LogP) is 2.63. The SMILES string of the molecule is CC1CCCCN1CCCC(C)(C)CN. The van der Waals surface area contributed by atoms with Gasteiger partial charge in [-0.2, -0.15) is 0 Å². The van der Waals surface area contributed by atoms with Gasteiger partial charge in [0, 0.05) is 6.04 Å². The molecule has 15 heavy (non-hydrogen) atoms. The third-order valence-electron chi connectivity index (χ3n) is 3.79. The molecule has 0 aromatic heterocycles. The molecular weight excluding hydrogens is 184 g/mol. The zero-order chi connectivity index (χ0) is 11.3. The van der Waals surface area contributed by atoms with Gasteiger partial charge in [-0.25, -0.2) is 0 Å². The van der Waals surface area contributed by atoms with Crippen LogP contribution in [0.2, 0.25) is 0 Å². The molecule has 1 rings (SSSR count). The van der Waals surface area contributed by atoms with Crippen LogP contribution < -0.4 is 5.73 Å². The molecule has 1 fully saturated rings. The number of hydrogen-bond acceptors (Lipinski definition) is 2. The Kier molecular flexibility index (Phi) is 5.07. The minimum Gasteiger partial charge on any atom is -0.330 e. The second-order valence-corrected chi connectivity index (χ2v) is 5.85. The number of nitrogens with zero attached hydrogens (tertiary/aromatic N) is 1. The summed E-state index contributed by atoms with van der Waals surface area (Å²) in [5.41, 5.74) is 6.07. The van der Waals surface area contributed by atoms with E-state index in [1.54, 1.807) is 0 Å². The highest BCUT2D eigenvalue weighted by Gasteiger charge is 2.19. The van der Waals surface area contributed by atoms with Crippen molar-refractivity contribution in [3.8, 4) is 0 Å². The van der Waals surface area contributed by atoms with Crippen molar-refractivity contribution in [1.29, 1.82) is 0 Å². The lowest BCUT2D eigenvalue weighted by molar-refractivity contribution is 0.151. The van der Waals surface area contributed by atoms with Gasteiger partial charge in [0.25, 0.3) is 0 Å². The van der Waals surface area contributed by atoms with Gasteiger partial charge >= 0.3 is 0 Å². The van der Waals surface area contributed by atoms with Crippen molar-refractivity contribution in [2.75, 3.05) is 19.6 Å². The van der Waals surface area contributed by atoms with Gasteiger partial charge in [0.2, 0.25) is 0 Å². The third-order valence-corrected chi connectivity index (χ3v) is 3.79. The van der Waals surface area contributed by atoms with Crippen molar-refractivity contribution >= 4 is 0 Å². The monoisotopic (exact) mass is 212 g/mol. The lowest BCUT2D eigenvalue weighted by Crippen LogP contribution is -2.38. The number of hydrogen-bond donors (Lipinski definition) is 1. The van der Waals surface area contributed by atoms with Gasteiger partial charge in [0.05, 0.1) is 0 Å². The molecular formula is C13H28N2. The molecule has 0 aromatic carbocycles. The summed E-state index contributed by atoms with van der Waals surface area (Å²) < 4.78 is 0. The van der Waals surface area contributed by atoms with Crippen LogP contribution in [0, 0.1) is 5.41 Å². The Morgan fingerprint density at radius 3 is 2.67 bits per heavy atom.